The van der Waals surface area contributed by atoms with E-state index < -0.39 is 32.0 Å². The van der Waals surface area contributed by atoms with Crippen LogP contribution in [0.25, 0.3) is 11.1 Å². The van der Waals surface area contributed by atoms with Crippen molar-refractivity contribution in [1.82, 2.24) is 4.72 Å². The van der Waals surface area contributed by atoms with Gasteiger partial charge in [-0.25, -0.2) is 22.0 Å². The van der Waals surface area contributed by atoms with E-state index in [4.69, 9.17) is 11.0 Å². The average Bonchev–Trinajstić information content (AvgIpc) is 2.78. The molecule has 3 rings (SSSR count). The second kappa shape index (κ2) is 10.6. The van der Waals surface area contributed by atoms with Crippen molar-refractivity contribution in [3.8, 4) is 11.1 Å². The SMILES string of the molecule is Cc1ccc(S(N)(=O)=O)c(-c2ccc(N[C@@H](CC3=CC=CC(=NN)C3C)C(=O)NS(C)(=O)=O)cc2)c1. The first-order valence-corrected chi connectivity index (χ1v) is 14.4. The number of primary sulfonamides is 1. The fourth-order valence-electron chi connectivity index (χ4n) is 3.91. The highest BCUT2D eigenvalue weighted by atomic mass is 32.2. The number of nitrogens with zero attached hydrogens (tertiary/aromatic N) is 1. The van der Waals surface area contributed by atoms with Gasteiger partial charge < -0.3 is 11.2 Å². The molecule has 2 aromatic rings. The van der Waals surface area contributed by atoms with Gasteiger partial charge >= 0.3 is 0 Å². The summed E-state index contributed by atoms with van der Waals surface area (Å²) in [7, 11) is -7.72. The summed E-state index contributed by atoms with van der Waals surface area (Å²) in [6, 6.07) is 10.7. The molecule has 0 heterocycles. The minimum atomic E-state index is -3.94. The van der Waals surface area contributed by atoms with Gasteiger partial charge in [0.25, 0.3) is 5.91 Å². The summed E-state index contributed by atoms with van der Waals surface area (Å²) in [6.07, 6.45) is 6.49. The minimum Gasteiger partial charge on any atom is -0.373 e. The molecule has 6 N–H and O–H groups in total. The number of nitrogens with one attached hydrogen (secondary N) is 2. The second-order valence-corrected chi connectivity index (χ2v) is 11.9. The first-order chi connectivity index (χ1) is 16.8. The van der Waals surface area contributed by atoms with Crippen molar-refractivity contribution < 1.29 is 21.6 Å². The number of sulfonamides is 2. The van der Waals surface area contributed by atoms with Gasteiger partial charge in [0.1, 0.15) is 6.04 Å². The van der Waals surface area contributed by atoms with Crippen LogP contribution in [0.1, 0.15) is 18.9 Å². The number of anilines is 1. The molecule has 0 saturated carbocycles. The van der Waals surface area contributed by atoms with Gasteiger partial charge in [-0.05, 0) is 43.2 Å². The smallest absolute Gasteiger partial charge is 0.256 e. The third-order valence-corrected chi connectivity index (χ3v) is 7.29. The summed E-state index contributed by atoms with van der Waals surface area (Å²) in [5.74, 6) is 4.58. The van der Waals surface area contributed by atoms with Crippen LogP contribution in [-0.2, 0) is 24.8 Å². The van der Waals surface area contributed by atoms with Crippen molar-refractivity contribution in [2.75, 3.05) is 11.6 Å². The zero-order valence-corrected chi connectivity index (χ0v) is 21.7. The fourth-order valence-corrected chi connectivity index (χ4v) is 5.16. The van der Waals surface area contributed by atoms with E-state index in [0.717, 1.165) is 17.4 Å². The molecule has 12 heteroatoms. The molecule has 0 bridgehead atoms. The summed E-state index contributed by atoms with van der Waals surface area (Å²) in [4.78, 5) is 12.8. The molecule has 0 spiro atoms. The molecule has 0 fully saturated rings. The highest BCUT2D eigenvalue weighted by molar-refractivity contribution is 7.89. The van der Waals surface area contributed by atoms with Gasteiger partial charge in [0.05, 0.1) is 16.9 Å². The van der Waals surface area contributed by atoms with Crippen molar-refractivity contribution in [2.24, 2.45) is 22.0 Å². The quantitative estimate of drug-likeness (QED) is 0.298. The summed E-state index contributed by atoms with van der Waals surface area (Å²) < 4.78 is 49.5. The highest BCUT2D eigenvalue weighted by Crippen LogP contribution is 2.30. The van der Waals surface area contributed by atoms with Crippen molar-refractivity contribution >= 4 is 37.4 Å². The molecule has 1 aliphatic rings. The maximum absolute atomic E-state index is 12.8. The number of carbonyl (C=O) groups excluding carboxylic acids is 1. The standard InChI is InChI=1S/C24H29N5O5S2/c1-15-7-12-23(36(26,33)34)20(13-15)17-8-10-19(11-9-17)27-22(24(30)29-35(3,31)32)14-18-5-4-6-21(28-25)16(18)2/h4-13,16,22,27H,14,25H2,1-3H3,(H,29,30)(H2,26,33,34)/t16?,22-/m0/s1. The average molecular weight is 532 g/mol. The maximum Gasteiger partial charge on any atom is 0.256 e. The third kappa shape index (κ3) is 6.80. The molecular weight excluding hydrogens is 502 g/mol. The molecule has 192 valence electrons. The lowest BCUT2D eigenvalue weighted by Gasteiger charge is -2.25. The number of hydrazone groups is 1. The Balaban J connectivity index is 1.91. The Hall–Kier alpha value is -3.48. The second-order valence-electron chi connectivity index (χ2n) is 8.64. The van der Waals surface area contributed by atoms with Gasteiger partial charge in [-0.2, -0.15) is 5.10 Å². The van der Waals surface area contributed by atoms with Crippen LogP contribution in [0.15, 0.2) is 76.3 Å². The predicted octanol–water partition coefficient (Wildman–Crippen LogP) is 2.00. The number of hydrogen-bond donors (Lipinski definition) is 4. The zero-order valence-electron chi connectivity index (χ0n) is 20.1. The minimum absolute atomic E-state index is 0.00265. The maximum atomic E-state index is 12.8. The van der Waals surface area contributed by atoms with Gasteiger partial charge in [0, 0.05) is 17.2 Å². The first kappa shape index (κ1) is 27.1. The summed E-state index contributed by atoms with van der Waals surface area (Å²) in [5, 5.41) is 12.2. The van der Waals surface area contributed by atoms with Gasteiger partial charge in [-0.3, -0.25) is 9.52 Å². The number of rotatable bonds is 8. The van der Waals surface area contributed by atoms with E-state index in [1.54, 1.807) is 48.6 Å². The lowest BCUT2D eigenvalue weighted by atomic mass is 9.87. The highest BCUT2D eigenvalue weighted by Gasteiger charge is 2.26. The number of amides is 1. The fraction of sp³-hybridized carbons (Fsp3) is 0.250. The Morgan fingerprint density at radius 1 is 1.11 bits per heavy atom. The van der Waals surface area contributed by atoms with Crippen LogP contribution < -0.4 is 21.0 Å². The Bertz CT molecular complexity index is 1460. The predicted molar refractivity (Wildman–Crippen MR) is 141 cm³/mol. The van der Waals surface area contributed by atoms with Crippen LogP contribution in [0.3, 0.4) is 0 Å². The van der Waals surface area contributed by atoms with E-state index >= 15 is 0 Å². The van der Waals surface area contributed by atoms with Crippen LogP contribution in [0.5, 0.6) is 0 Å². The van der Waals surface area contributed by atoms with Gasteiger partial charge in [-0.15, -0.1) is 0 Å². The third-order valence-electron chi connectivity index (χ3n) is 5.75. The molecule has 2 aromatic carbocycles. The lowest BCUT2D eigenvalue weighted by Crippen LogP contribution is -2.43. The number of nitrogens with two attached hydrogens (primary N) is 2. The van der Waals surface area contributed by atoms with E-state index in [9.17, 15) is 21.6 Å². The van der Waals surface area contributed by atoms with Crippen molar-refractivity contribution in [2.45, 2.75) is 31.2 Å². The summed E-state index contributed by atoms with van der Waals surface area (Å²) >= 11 is 0. The molecule has 0 aliphatic heterocycles. The molecule has 1 unspecified atom stereocenters. The van der Waals surface area contributed by atoms with Crippen molar-refractivity contribution in [1.29, 1.82) is 0 Å². The molecule has 1 amide bonds. The topological polar surface area (TPSA) is 174 Å². The van der Waals surface area contributed by atoms with Gasteiger partial charge in [-0.1, -0.05) is 54.5 Å². The summed E-state index contributed by atoms with van der Waals surface area (Å²) in [5.41, 5.74) is 3.95. The van der Waals surface area contributed by atoms with Crippen LogP contribution in [0.2, 0.25) is 0 Å². The Labute approximate surface area is 211 Å². The Kier molecular flexibility index (Phi) is 8.02. The molecule has 0 radical (unpaired) electrons. The van der Waals surface area contributed by atoms with Crippen molar-refractivity contribution in [3.63, 3.8) is 0 Å². The number of aryl methyl sites for hydroxylation is 1. The number of carbonyl (C=O) groups is 1. The van der Waals surface area contributed by atoms with Crippen LogP contribution in [-0.4, -0.2) is 40.8 Å². The van der Waals surface area contributed by atoms with Crippen LogP contribution in [0, 0.1) is 12.8 Å². The largest absolute Gasteiger partial charge is 0.373 e. The Morgan fingerprint density at radius 3 is 2.36 bits per heavy atom. The molecule has 0 saturated heterocycles. The lowest BCUT2D eigenvalue weighted by molar-refractivity contribution is -0.120. The number of hydrogen-bond acceptors (Lipinski definition) is 8. The van der Waals surface area contributed by atoms with Crippen LogP contribution in [0.4, 0.5) is 5.69 Å². The summed E-state index contributed by atoms with van der Waals surface area (Å²) in [6.45, 7) is 3.74. The van der Waals surface area contributed by atoms with E-state index in [2.05, 4.69) is 10.4 Å². The monoisotopic (exact) mass is 531 g/mol. The molecule has 1 aliphatic carbocycles. The number of benzene rings is 2. The van der Waals surface area contributed by atoms with E-state index in [1.807, 2.05) is 24.6 Å². The molecule has 0 aromatic heterocycles. The first-order valence-electron chi connectivity index (χ1n) is 11.0. The van der Waals surface area contributed by atoms with E-state index in [-0.39, 0.29) is 17.2 Å². The van der Waals surface area contributed by atoms with E-state index in [1.165, 1.54) is 6.07 Å². The van der Waals surface area contributed by atoms with E-state index in [0.29, 0.717) is 22.5 Å². The molecule has 2 atom stereocenters. The van der Waals surface area contributed by atoms with Crippen molar-refractivity contribution in [3.05, 3.63) is 71.8 Å². The molecule has 36 heavy (non-hydrogen) atoms. The normalized spacial score (nSPS) is 17.9. The molecule has 10 nitrogen and oxygen atoms in total. The van der Waals surface area contributed by atoms with Crippen LogP contribution >= 0.6 is 0 Å². The Morgan fingerprint density at radius 2 is 1.78 bits per heavy atom. The molecular formula is C24H29N5O5S2. The zero-order chi connectivity index (χ0) is 26.7. The van der Waals surface area contributed by atoms with Gasteiger partial charge in [0.15, 0.2) is 0 Å². The van der Waals surface area contributed by atoms with Gasteiger partial charge in [0.2, 0.25) is 20.0 Å². The number of allylic oxidation sites excluding steroid dienone is 3.